The highest BCUT2D eigenvalue weighted by atomic mass is 16.5. The lowest BCUT2D eigenvalue weighted by atomic mass is 9.60. The SMILES string of the molecule is COC(=O)C1=C2Nc3c(OC)cccc3[C@@]23CCN2C[C@H](C(C)O)[C@@H]1C[C@H]23. The van der Waals surface area contributed by atoms with Gasteiger partial charge in [0.1, 0.15) is 5.75 Å². The number of aliphatic hydroxyl groups is 1. The summed E-state index contributed by atoms with van der Waals surface area (Å²) >= 11 is 0. The molecular weight excluding hydrogens is 344 g/mol. The van der Waals surface area contributed by atoms with E-state index in [2.05, 4.69) is 16.3 Å². The Morgan fingerprint density at radius 1 is 1.41 bits per heavy atom. The van der Waals surface area contributed by atoms with Gasteiger partial charge in [-0.05, 0) is 37.9 Å². The number of ether oxygens (including phenoxy) is 2. The van der Waals surface area contributed by atoms with Crippen molar-refractivity contribution < 1.29 is 19.4 Å². The van der Waals surface area contributed by atoms with Gasteiger partial charge in [0.2, 0.25) is 0 Å². The Kier molecular flexibility index (Phi) is 3.62. The van der Waals surface area contributed by atoms with E-state index in [-0.39, 0.29) is 23.2 Å². The number of rotatable bonds is 3. The van der Waals surface area contributed by atoms with Crippen LogP contribution < -0.4 is 10.1 Å². The molecule has 4 aliphatic rings. The van der Waals surface area contributed by atoms with Gasteiger partial charge in [0.15, 0.2) is 0 Å². The molecule has 1 aliphatic carbocycles. The molecule has 2 N–H and O–H groups in total. The molecule has 27 heavy (non-hydrogen) atoms. The van der Waals surface area contributed by atoms with Crippen molar-refractivity contribution in [3.8, 4) is 5.75 Å². The third kappa shape index (κ3) is 2.00. The molecule has 6 nitrogen and oxygen atoms in total. The number of esters is 1. The molecule has 2 saturated heterocycles. The smallest absolute Gasteiger partial charge is 0.335 e. The molecule has 6 heteroatoms. The van der Waals surface area contributed by atoms with Crippen LogP contribution in [-0.2, 0) is 14.9 Å². The van der Waals surface area contributed by atoms with Crippen molar-refractivity contribution in [2.75, 3.05) is 32.6 Å². The van der Waals surface area contributed by atoms with Crippen LogP contribution in [0.5, 0.6) is 5.75 Å². The summed E-state index contributed by atoms with van der Waals surface area (Å²) in [4.78, 5) is 15.4. The lowest BCUT2D eigenvalue weighted by Gasteiger charge is -2.51. The topological polar surface area (TPSA) is 71.0 Å². The van der Waals surface area contributed by atoms with Crippen LogP contribution in [-0.4, -0.2) is 55.4 Å². The minimum atomic E-state index is -0.470. The summed E-state index contributed by atoms with van der Waals surface area (Å²) < 4.78 is 10.8. The Labute approximate surface area is 159 Å². The van der Waals surface area contributed by atoms with Crippen LogP contribution in [0, 0.1) is 11.8 Å². The molecule has 0 saturated carbocycles. The summed E-state index contributed by atoms with van der Waals surface area (Å²) in [5, 5.41) is 14.0. The van der Waals surface area contributed by atoms with Gasteiger partial charge in [-0.15, -0.1) is 0 Å². The highest BCUT2D eigenvalue weighted by Gasteiger charge is 2.63. The van der Waals surface area contributed by atoms with Crippen LogP contribution in [0.4, 0.5) is 5.69 Å². The maximum atomic E-state index is 12.9. The van der Waals surface area contributed by atoms with E-state index in [4.69, 9.17) is 9.47 Å². The van der Waals surface area contributed by atoms with Gasteiger partial charge >= 0.3 is 5.97 Å². The van der Waals surface area contributed by atoms with Crippen LogP contribution in [0.3, 0.4) is 0 Å². The fourth-order valence-corrected chi connectivity index (χ4v) is 6.19. The average Bonchev–Trinajstić information content (AvgIpc) is 3.23. The third-order valence-corrected chi connectivity index (χ3v) is 7.33. The van der Waals surface area contributed by atoms with Crippen molar-refractivity contribution >= 4 is 11.7 Å². The van der Waals surface area contributed by atoms with Crippen LogP contribution in [0.15, 0.2) is 29.5 Å². The first-order valence-corrected chi connectivity index (χ1v) is 9.72. The molecule has 3 heterocycles. The van der Waals surface area contributed by atoms with Gasteiger partial charge in [0.25, 0.3) is 0 Å². The van der Waals surface area contributed by atoms with E-state index in [1.165, 1.54) is 12.7 Å². The Morgan fingerprint density at radius 3 is 2.93 bits per heavy atom. The Balaban J connectivity index is 1.78. The second-order valence-electron chi connectivity index (χ2n) is 8.27. The molecular formula is C21H26N2O4. The molecule has 5 atom stereocenters. The number of hydrogen-bond donors (Lipinski definition) is 2. The molecule has 0 radical (unpaired) electrons. The molecule has 1 aromatic carbocycles. The molecule has 2 fully saturated rings. The molecule has 1 unspecified atom stereocenters. The normalized spacial score (nSPS) is 34.6. The molecule has 1 aromatic rings. The minimum absolute atomic E-state index is 0.00716. The van der Waals surface area contributed by atoms with E-state index < -0.39 is 6.10 Å². The highest BCUT2D eigenvalue weighted by Crippen LogP contribution is 2.62. The summed E-state index contributed by atoms with van der Waals surface area (Å²) in [6, 6.07) is 6.49. The van der Waals surface area contributed by atoms with Crippen LogP contribution >= 0.6 is 0 Å². The standard InChI is InChI=1S/C21H26N2O4/c1-11(24)13-10-23-8-7-21-14-5-4-6-15(26-2)18(14)22-19(21)17(20(25)27-3)12(13)9-16(21)23/h4-6,11-13,16,22,24H,7-10H2,1-3H3/t11?,12-,13+,16-,21+/m0/s1. The second kappa shape index (κ2) is 5.72. The molecule has 0 amide bonds. The Bertz CT molecular complexity index is 849. The van der Waals surface area contributed by atoms with Crippen molar-refractivity contribution in [2.45, 2.75) is 37.3 Å². The van der Waals surface area contributed by atoms with Gasteiger partial charge in [-0.25, -0.2) is 4.79 Å². The number of benzene rings is 1. The summed E-state index contributed by atoms with van der Waals surface area (Å²) in [6.45, 7) is 3.63. The van der Waals surface area contributed by atoms with Crippen molar-refractivity contribution in [1.82, 2.24) is 4.90 Å². The first-order valence-electron chi connectivity index (χ1n) is 9.72. The number of carbonyl (C=O) groups is 1. The first kappa shape index (κ1) is 17.1. The van der Waals surface area contributed by atoms with Crippen molar-refractivity contribution in [3.63, 3.8) is 0 Å². The number of fused-ring (bicyclic) bond motifs is 2. The molecule has 1 spiro atoms. The first-order chi connectivity index (χ1) is 13.0. The fraction of sp³-hybridized carbons (Fsp3) is 0.571. The van der Waals surface area contributed by atoms with E-state index in [0.717, 1.165) is 48.6 Å². The lowest BCUT2D eigenvalue weighted by Crippen LogP contribution is -2.57. The number of carbonyl (C=O) groups excluding carboxylic acids is 1. The van der Waals surface area contributed by atoms with E-state index in [1.54, 1.807) is 7.11 Å². The van der Waals surface area contributed by atoms with Crippen molar-refractivity contribution in [2.24, 2.45) is 11.8 Å². The largest absolute Gasteiger partial charge is 0.495 e. The number of piperidine rings is 1. The van der Waals surface area contributed by atoms with Crippen molar-refractivity contribution in [3.05, 3.63) is 35.0 Å². The molecule has 144 valence electrons. The fourth-order valence-electron chi connectivity index (χ4n) is 6.19. The maximum Gasteiger partial charge on any atom is 0.335 e. The van der Waals surface area contributed by atoms with Gasteiger partial charge in [-0.1, -0.05) is 12.1 Å². The van der Waals surface area contributed by atoms with E-state index >= 15 is 0 Å². The van der Waals surface area contributed by atoms with Gasteiger partial charge in [0, 0.05) is 30.1 Å². The van der Waals surface area contributed by atoms with E-state index in [1.807, 2.05) is 19.1 Å². The number of nitrogens with one attached hydrogen (secondary N) is 1. The monoisotopic (exact) mass is 370 g/mol. The van der Waals surface area contributed by atoms with E-state index in [0.29, 0.717) is 6.04 Å². The molecule has 0 aromatic heterocycles. The van der Waals surface area contributed by atoms with Gasteiger partial charge in [-0.3, -0.25) is 4.90 Å². The number of hydrogen-bond acceptors (Lipinski definition) is 6. The maximum absolute atomic E-state index is 12.9. The Morgan fingerprint density at radius 2 is 2.22 bits per heavy atom. The number of para-hydroxylation sites is 1. The number of aliphatic hydroxyl groups excluding tert-OH is 1. The average molecular weight is 370 g/mol. The summed E-state index contributed by atoms with van der Waals surface area (Å²) in [6.07, 6.45) is 1.37. The van der Waals surface area contributed by atoms with E-state index in [9.17, 15) is 9.90 Å². The summed E-state index contributed by atoms with van der Waals surface area (Å²) in [7, 11) is 3.12. The Hall–Kier alpha value is -2.05. The molecule has 2 bridgehead atoms. The third-order valence-electron chi connectivity index (χ3n) is 7.33. The predicted molar refractivity (Wildman–Crippen MR) is 101 cm³/mol. The minimum Gasteiger partial charge on any atom is -0.495 e. The predicted octanol–water partition coefficient (Wildman–Crippen LogP) is 1.89. The van der Waals surface area contributed by atoms with Crippen LogP contribution in [0.25, 0.3) is 0 Å². The molecule has 3 aliphatic heterocycles. The number of nitrogens with zero attached hydrogens (tertiary/aromatic N) is 1. The quantitative estimate of drug-likeness (QED) is 0.792. The zero-order chi connectivity index (χ0) is 18.9. The van der Waals surface area contributed by atoms with Gasteiger partial charge < -0.3 is 19.9 Å². The zero-order valence-electron chi connectivity index (χ0n) is 16.0. The van der Waals surface area contributed by atoms with Gasteiger partial charge in [0.05, 0.1) is 37.0 Å². The highest BCUT2D eigenvalue weighted by molar-refractivity contribution is 5.94. The molecule has 5 rings (SSSR count). The summed E-state index contributed by atoms with van der Waals surface area (Å²) in [5.41, 5.74) is 3.68. The van der Waals surface area contributed by atoms with Crippen LogP contribution in [0.1, 0.15) is 25.3 Å². The lowest BCUT2D eigenvalue weighted by molar-refractivity contribution is -0.138. The zero-order valence-corrected chi connectivity index (χ0v) is 16.0. The van der Waals surface area contributed by atoms with Crippen LogP contribution in [0.2, 0.25) is 0 Å². The second-order valence-corrected chi connectivity index (χ2v) is 8.27. The van der Waals surface area contributed by atoms with Gasteiger partial charge in [-0.2, -0.15) is 0 Å². The summed E-state index contributed by atoms with van der Waals surface area (Å²) in [5.74, 6) is 0.560. The number of anilines is 1. The van der Waals surface area contributed by atoms with Crippen molar-refractivity contribution in [1.29, 1.82) is 0 Å². The number of methoxy groups -OCH3 is 2.